The van der Waals surface area contributed by atoms with Crippen LogP contribution in [-0.2, 0) is 0 Å². The van der Waals surface area contributed by atoms with Crippen molar-refractivity contribution in [2.45, 2.75) is 51.4 Å². The van der Waals surface area contributed by atoms with Gasteiger partial charge >= 0.3 is 0 Å². The minimum Gasteiger partial charge on any atom is -0.0836 e. The molecular weight excluding hydrogens is 553 g/mol. The Bertz CT molecular complexity index is 2160. The van der Waals surface area contributed by atoms with Crippen molar-refractivity contribution in [3.05, 3.63) is 164 Å². The Hall–Kier alpha value is -4.16. The van der Waals surface area contributed by atoms with Crippen LogP contribution in [0.5, 0.6) is 0 Å². The molecule has 1 aromatic rings. The van der Waals surface area contributed by atoms with Crippen LogP contribution >= 0.6 is 0 Å². The predicted molar refractivity (Wildman–Crippen MR) is 191 cm³/mol. The van der Waals surface area contributed by atoms with E-state index >= 15 is 0 Å². The van der Waals surface area contributed by atoms with E-state index in [4.69, 9.17) is 0 Å². The maximum Gasteiger partial charge on any atom is 0.0196 e. The van der Waals surface area contributed by atoms with Crippen LogP contribution in [0.1, 0.15) is 62.5 Å². The summed E-state index contributed by atoms with van der Waals surface area (Å²) in [5.74, 6) is 3.59. The summed E-state index contributed by atoms with van der Waals surface area (Å²) < 4.78 is 0. The number of hydrogen-bond donors (Lipinski definition) is 0. The number of hydrogen-bond acceptors (Lipinski definition) is 0. The molecule has 0 saturated heterocycles. The minimum atomic E-state index is 0.495. The minimum absolute atomic E-state index is 0.495. The fourth-order valence-electron chi connectivity index (χ4n) is 11.4. The molecule has 6 atom stereocenters. The third-order valence-electron chi connectivity index (χ3n) is 13.1. The highest BCUT2D eigenvalue weighted by Crippen LogP contribution is 2.59. The van der Waals surface area contributed by atoms with Crippen molar-refractivity contribution in [1.29, 1.82) is 0 Å². The molecule has 6 unspecified atom stereocenters. The van der Waals surface area contributed by atoms with Crippen molar-refractivity contribution < 1.29 is 0 Å². The van der Waals surface area contributed by atoms with Crippen molar-refractivity contribution >= 4 is 22.8 Å². The van der Waals surface area contributed by atoms with Gasteiger partial charge in [0.25, 0.3) is 0 Å². The van der Waals surface area contributed by atoms with E-state index in [9.17, 15) is 0 Å². The third kappa shape index (κ3) is 3.46. The van der Waals surface area contributed by atoms with Gasteiger partial charge in [-0.2, -0.15) is 0 Å². The zero-order valence-electron chi connectivity index (χ0n) is 26.5. The van der Waals surface area contributed by atoms with Gasteiger partial charge in [0.1, 0.15) is 0 Å². The number of allylic oxidation sites excluding steroid dienone is 24. The van der Waals surface area contributed by atoms with Gasteiger partial charge in [-0.3, -0.25) is 0 Å². The number of benzene rings is 1. The number of fused-ring (bicyclic) bond motifs is 4. The van der Waals surface area contributed by atoms with E-state index in [1.54, 1.807) is 39.0 Å². The molecule has 10 aliphatic rings. The van der Waals surface area contributed by atoms with Gasteiger partial charge in [-0.25, -0.2) is 0 Å². The molecule has 0 amide bonds. The SMILES string of the molecule is C1=CC2C=CC=C3c4ccc(C5=CC(C6=CCC7C8=C6CCC=C8C6CC=CC8=CC=CC7C86)=CCC5)c5c4=C(CCC=5)C(=C1)C32. The second kappa shape index (κ2) is 9.68. The van der Waals surface area contributed by atoms with Gasteiger partial charge in [-0.15, -0.1) is 0 Å². The molecule has 0 radical (unpaired) electrons. The largest absolute Gasteiger partial charge is 0.0836 e. The monoisotopic (exact) mass is 592 g/mol. The molecule has 1 fully saturated rings. The lowest BCUT2D eigenvalue weighted by molar-refractivity contribution is 0.237. The average molecular weight is 593 g/mol. The number of rotatable bonds is 2. The summed E-state index contributed by atoms with van der Waals surface area (Å²) in [5, 5.41) is 3.05. The lowest BCUT2D eigenvalue weighted by Crippen LogP contribution is -2.42. The first kappa shape index (κ1) is 26.0. The van der Waals surface area contributed by atoms with Crippen LogP contribution in [0.3, 0.4) is 0 Å². The first-order chi connectivity index (χ1) is 22.8. The summed E-state index contributed by atoms with van der Waals surface area (Å²) >= 11 is 0. The highest BCUT2D eigenvalue weighted by atomic mass is 14.5. The second-order valence-corrected chi connectivity index (χ2v) is 15.1. The predicted octanol–water partition coefficient (Wildman–Crippen LogP) is 9.49. The Balaban J connectivity index is 1.02. The molecule has 0 heteroatoms. The molecule has 11 rings (SSSR count). The molecule has 0 bridgehead atoms. The topological polar surface area (TPSA) is 0 Å². The zero-order chi connectivity index (χ0) is 29.9. The summed E-state index contributed by atoms with van der Waals surface area (Å²) in [6.07, 6.45) is 48.8. The van der Waals surface area contributed by atoms with E-state index in [1.807, 2.05) is 0 Å². The van der Waals surface area contributed by atoms with Gasteiger partial charge in [-0.05, 0) is 152 Å². The van der Waals surface area contributed by atoms with Crippen molar-refractivity contribution in [3.63, 3.8) is 0 Å². The summed E-state index contributed by atoms with van der Waals surface area (Å²) in [6.45, 7) is 0. The maximum atomic E-state index is 2.65. The smallest absolute Gasteiger partial charge is 0.0196 e. The maximum absolute atomic E-state index is 2.65. The van der Waals surface area contributed by atoms with Crippen LogP contribution in [-0.4, -0.2) is 0 Å². The molecule has 46 heavy (non-hydrogen) atoms. The van der Waals surface area contributed by atoms with Crippen molar-refractivity contribution in [2.75, 3.05) is 0 Å². The molecule has 1 saturated carbocycles. The molecule has 0 aliphatic heterocycles. The van der Waals surface area contributed by atoms with Crippen LogP contribution in [0.2, 0.25) is 0 Å². The van der Waals surface area contributed by atoms with Gasteiger partial charge in [0.2, 0.25) is 0 Å². The van der Waals surface area contributed by atoms with E-state index < -0.39 is 0 Å². The Morgan fingerprint density at radius 1 is 0.652 bits per heavy atom. The summed E-state index contributed by atoms with van der Waals surface area (Å²) in [5.41, 5.74) is 19.0. The van der Waals surface area contributed by atoms with Crippen LogP contribution in [0.15, 0.2) is 142 Å². The Morgan fingerprint density at radius 2 is 1.48 bits per heavy atom. The Kier molecular flexibility index (Phi) is 5.46. The molecule has 0 heterocycles. The second-order valence-electron chi connectivity index (χ2n) is 15.1. The molecule has 224 valence electrons. The molecule has 1 aromatic carbocycles. The molecule has 0 nitrogen and oxygen atoms in total. The summed E-state index contributed by atoms with van der Waals surface area (Å²) in [6, 6.07) is 4.96. The van der Waals surface area contributed by atoms with E-state index in [1.165, 1.54) is 70.4 Å². The molecule has 10 aliphatic carbocycles. The van der Waals surface area contributed by atoms with E-state index in [0.29, 0.717) is 35.5 Å². The van der Waals surface area contributed by atoms with Crippen LogP contribution < -0.4 is 10.4 Å². The van der Waals surface area contributed by atoms with E-state index in [0.717, 1.165) is 19.3 Å². The van der Waals surface area contributed by atoms with Gasteiger partial charge < -0.3 is 0 Å². The quantitative estimate of drug-likeness (QED) is 0.321. The third-order valence-corrected chi connectivity index (χ3v) is 13.1. The fourth-order valence-corrected chi connectivity index (χ4v) is 11.4. The molecule has 0 aromatic heterocycles. The Labute approximate surface area is 272 Å². The normalized spacial score (nSPS) is 33.6. The van der Waals surface area contributed by atoms with E-state index in [2.05, 4.69) is 109 Å². The van der Waals surface area contributed by atoms with Gasteiger partial charge in [0.15, 0.2) is 0 Å². The first-order valence-corrected chi connectivity index (χ1v) is 18.1. The fraction of sp³-hybridized carbons (Fsp3) is 0.304. The van der Waals surface area contributed by atoms with Crippen LogP contribution in [0, 0.1) is 35.5 Å². The Morgan fingerprint density at radius 3 is 2.43 bits per heavy atom. The summed E-state index contributed by atoms with van der Waals surface area (Å²) in [7, 11) is 0. The van der Waals surface area contributed by atoms with Crippen molar-refractivity contribution in [3.8, 4) is 0 Å². The lowest BCUT2D eigenvalue weighted by atomic mass is 9.53. The summed E-state index contributed by atoms with van der Waals surface area (Å²) in [4.78, 5) is 0. The molecular formula is C46H40. The zero-order valence-corrected chi connectivity index (χ0v) is 26.5. The molecule has 0 spiro atoms. The lowest BCUT2D eigenvalue weighted by Gasteiger charge is -2.51. The van der Waals surface area contributed by atoms with Crippen LogP contribution in [0.4, 0.5) is 0 Å². The van der Waals surface area contributed by atoms with Gasteiger partial charge in [-0.1, -0.05) is 109 Å². The highest BCUT2D eigenvalue weighted by molar-refractivity contribution is 5.89. The van der Waals surface area contributed by atoms with Crippen LogP contribution in [0.25, 0.3) is 22.8 Å². The van der Waals surface area contributed by atoms with Crippen molar-refractivity contribution in [1.82, 2.24) is 0 Å². The van der Waals surface area contributed by atoms with Crippen molar-refractivity contribution in [2.24, 2.45) is 35.5 Å². The van der Waals surface area contributed by atoms with Gasteiger partial charge in [0, 0.05) is 11.8 Å². The standard InChI is InChI=1S/C46H40/c1-12-29(31-22-24-41-37-16-4-10-27-8-2-14-35(43(27)37)39-20-6-18-33(31)45(39)41)26-30(13-1)32-23-25-42-38-17-5-11-28-9-3-15-36(44(28)38)40-21-7-19-34(32)46(40)42/h2-5,8-12,15-17,19-20,22-23,25-26,28,35,37,41,43-44H,1,6-7,13-14,18,21,24H2. The molecule has 0 N–H and O–H groups in total. The van der Waals surface area contributed by atoms with Gasteiger partial charge in [0.05, 0.1) is 0 Å². The average Bonchev–Trinajstić information content (AvgIpc) is 3.12. The first-order valence-electron chi connectivity index (χ1n) is 18.1. The van der Waals surface area contributed by atoms with E-state index in [-0.39, 0.29) is 0 Å². The highest BCUT2D eigenvalue weighted by Gasteiger charge is 2.48.